The molecule has 102 valence electrons. The zero-order chi connectivity index (χ0) is 12.4. The Morgan fingerprint density at radius 3 is 2.68 bits per heavy atom. The highest BCUT2D eigenvalue weighted by molar-refractivity contribution is 9.10. The molecule has 6 heteroatoms. The van der Waals surface area contributed by atoms with Crippen molar-refractivity contribution in [1.82, 2.24) is 15.5 Å². The maximum absolute atomic E-state index is 5.40. The molecule has 3 rings (SSSR count). The lowest BCUT2D eigenvalue weighted by atomic mass is 9.98. The van der Waals surface area contributed by atoms with Crippen LogP contribution in [0, 0.1) is 0 Å². The molecule has 1 aliphatic heterocycles. The highest BCUT2D eigenvalue weighted by Crippen LogP contribution is 2.29. The van der Waals surface area contributed by atoms with Crippen molar-refractivity contribution >= 4 is 28.3 Å². The molecule has 1 fully saturated rings. The normalized spacial score (nSPS) is 16.1. The average Bonchev–Trinajstić information content (AvgIpc) is 2.90. The summed E-state index contributed by atoms with van der Waals surface area (Å²) < 4.78 is 6.39. The fraction of sp³-hybridized carbons (Fsp3) is 0.385. The summed E-state index contributed by atoms with van der Waals surface area (Å²) in [6.07, 6.45) is 2.13. The Morgan fingerprint density at radius 2 is 1.95 bits per heavy atom. The van der Waals surface area contributed by atoms with Gasteiger partial charge in [-0.15, -0.1) is 12.4 Å². The summed E-state index contributed by atoms with van der Waals surface area (Å²) in [5.41, 5.74) is 0.974. The molecule has 19 heavy (non-hydrogen) atoms. The van der Waals surface area contributed by atoms with Crippen LogP contribution in [0.3, 0.4) is 0 Å². The maximum Gasteiger partial charge on any atom is 0.230 e. The van der Waals surface area contributed by atoms with Crippen molar-refractivity contribution in [2.75, 3.05) is 13.1 Å². The van der Waals surface area contributed by atoms with Crippen LogP contribution in [-0.2, 0) is 0 Å². The largest absolute Gasteiger partial charge is 0.339 e. The molecule has 0 bridgehead atoms. The monoisotopic (exact) mass is 343 g/mol. The highest BCUT2D eigenvalue weighted by Gasteiger charge is 2.22. The van der Waals surface area contributed by atoms with E-state index in [1.54, 1.807) is 0 Å². The van der Waals surface area contributed by atoms with Crippen molar-refractivity contribution in [1.29, 1.82) is 0 Å². The number of benzene rings is 1. The lowest BCUT2D eigenvalue weighted by molar-refractivity contribution is 0.320. The summed E-state index contributed by atoms with van der Waals surface area (Å²) in [4.78, 5) is 4.53. The van der Waals surface area contributed by atoms with Gasteiger partial charge in [0.05, 0.1) is 0 Å². The van der Waals surface area contributed by atoms with Crippen LogP contribution >= 0.6 is 28.3 Å². The number of halogens is 2. The third-order valence-corrected chi connectivity index (χ3v) is 3.94. The Labute approximate surface area is 126 Å². The van der Waals surface area contributed by atoms with Gasteiger partial charge in [-0.25, -0.2) is 0 Å². The summed E-state index contributed by atoms with van der Waals surface area (Å²) >= 11 is 3.51. The van der Waals surface area contributed by atoms with Gasteiger partial charge in [0, 0.05) is 16.0 Å². The Bertz CT molecular complexity index is 540. The van der Waals surface area contributed by atoms with Gasteiger partial charge in [0.1, 0.15) is 0 Å². The van der Waals surface area contributed by atoms with E-state index in [0.29, 0.717) is 11.7 Å². The van der Waals surface area contributed by atoms with E-state index in [1.165, 1.54) is 0 Å². The summed E-state index contributed by atoms with van der Waals surface area (Å²) in [6.45, 7) is 2.05. The van der Waals surface area contributed by atoms with Gasteiger partial charge in [0.15, 0.2) is 0 Å². The van der Waals surface area contributed by atoms with E-state index >= 15 is 0 Å². The number of hydrogen-bond donors (Lipinski definition) is 1. The third kappa shape index (κ3) is 3.16. The molecule has 0 amide bonds. The first-order chi connectivity index (χ1) is 8.84. The lowest BCUT2D eigenvalue weighted by Gasteiger charge is -2.18. The molecule has 0 spiro atoms. The SMILES string of the molecule is Brc1ccccc1-c1noc(C2CCNCC2)n1.Cl. The van der Waals surface area contributed by atoms with Crippen LogP contribution in [0.4, 0.5) is 0 Å². The fourth-order valence-electron chi connectivity index (χ4n) is 2.22. The van der Waals surface area contributed by atoms with E-state index in [0.717, 1.165) is 41.9 Å². The van der Waals surface area contributed by atoms with Crippen LogP contribution in [-0.4, -0.2) is 23.2 Å². The van der Waals surface area contributed by atoms with Crippen molar-refractivity contribution in [3.05, 3.63) is 34.6 Å². The van der Waals surface area contributed by atoms with Gasteiger partial charge in [-0.05, 0) is 38.1 Å². The van der Waals surface area contributed by atoms with E-state index in [4.69, 9.17) is 4.52 Å². The molecule has 0 unspecified atom stereocenters. The quantitative estimate of drug-likeness (QED) is 0.907. The Hall–Kier alpha value is -0.910. The van der Waals surface area contributed by atoms with Gasteiger partial charge in [-0.2, -0.15) is 4.98 Å². The standard InChI is InChI=1S/C13H14BrN3O.ClH/c14-11-4-2-1-3-10(11)12-16-13(18-17-12)9-5-7-15-8-6-9;/h1-4,9,15H,5-8H2;1H. The molecule has 0 aliphatic carbocycles. The zero-order valence-corrected chi connectivity index (χ0v) is 12.7. The predicted molar refractivity (Wildman–Crippen MR) is 79.5 cm³/mol. The number of rotatable bonds is 2. The molecule has 0 saturated carbocycles. The molecular weight excluding hydrogens is 330 g/mol. The molecule has 1 aliphatic rings. The van der Waals surface area contributed by atoms with Crippen LogP contribution < -0.4 is 5.32 Å². The van der Waals surface area contributed by atoms with Crippen molar-refractivity contribution in [3.8, 4) is 11.4 Å². The van der Waals surface area contributed by atoms with Crippen LogP contribution in [0.1, 0.15) is 24.7 Å². The molecule has 1 saturated heterocycles. The number of nitrogens with one attached hydrogen (secondary N) is 1. The second kappa shape index (κ2) is 6.50. The number of aromatic nitrogens is 2. The zero-order valence-electron chi connectivity index (χ0n) is 10.3. The smallest absolute Gasteiger partial charge is 0.230 e. The Balaban J connectivity index is 0.00000133. The molecule has 1 aromatic carbocycles. The molecule has 1 N–H and O–H groups in total. The first kappa shape index (κ1) is 14.5. The average molecular weight is 345 g/mol. The van der Waals surface area contributed by atoms with Crippen LogP contribution in [0.2, 0.25) is 0 Å². The molecule has 2 heterocycles. The summed E-state index contributed by atoms with van der Waals surface area (Å²) in [5.74, 6) is 1.83. The fourth-order valence-corrected chi connectivity index (χ4v) is 2.68. The highest BCUT2D eigenvalue weighted by atomic mass is 79.9. The minimum atomic E-state index is 0. The van der Waals surface area contributed by atoms with Crippen molar-refractivity contribution in [3.63, 3.8) is 0 Å². The molecule has 0 radical (unpaired) electrons. The van der Waals surface area contributed by atoms with Gasteiger partial charge in [-0.3, -0.25) is 0 Å². The third-order valence-electron chi connectivity index (χ3n) is 3.24. The molecule has 0 atom stereocenters. The van der Waals surface area contributed by atoms with Crippen molar-refractivity contribution < 1.29 is 4.52 Å². The van der Waals surface area contributed by atoms with Gasteiger partial charge >= 0.3 is 0 Å². The van der Waals surface area contributed by atoms with Gasteiger partial charge < -0.3 is 9.84 Å². The van der Waals surface area contributed by atoms with Crippen molar-refractivity contribution in [2.24, 2.45) is 0 Å². The van der Waals surface area contributed by atoms with Gasteiger partial charge in [0.25, 0.3) is 0 Å². The second-order valence-electron chi connectivity index (χ2n) is 4.46. The summed E-state index contributed by atoms with van der Waals surface area (Å²) in [5, 5.41) is 7.42. The Kier molecular flexibility index (Phi) is 4.96. The number of hydrogen-bond acceptors (Lipinski definition) is 4. The number of piperidine rings is 1. The minimum absolute atomic E-state index is 0. The second-order valence-corrected chi connectivity index (χ2v) is 5.31. The molecule has 1 aromatic heterocycles. The maximum atomic E-state index is 5.40. The van der Waals surface area contributed by atoms with Crippen molar-refractivity contribution in [2.45, 2.75) is 18.8 Å². The van der Waals surface area contributed by atoms with Crippen LogP contribution in [0.15, 0.2) is 33.3 Å². The Morgan fingerprint density at radius 1 is 1.21 bits per heavy atom. The lowest BCUT2D eigenvalue weighted by Crippen LogP contribution is -2.26. The van der Waals surface area contributed by atoms with Crippen LogP contribution in [0.5, 0.6) is 0 Å². The molecule has 4 nitrogen and oxygen atoms in total. The summed E-state index contributed by atoms with van der Waals surface area (Å²) in [7, 11) is 0. The predicted octanol–water partition coefficient (Wildman–Crippen LogP) is 3.39. The van der Waals surface area contributed by atoms with E-state index < -0.39 is 0 Å². The molecule has 2 aromatic rings. The first-order valence-corrected chi connectivity index (χ1v) is 6.93. The van der Waals surface area contributed by atoms with E-state index in [9.17, 15) is 0 Å². The molecular formula is C13H15BrClN3O. The number of nitrogens with zero attached hydrogens (tertiary/aromatic N) is 2. The van der Waals surface area contributed by atoms with Gasteiger partial charge in [0.2, 0.25) is 11.7 Å². The van der Waals surface area contributed by atoms with Gasteiger partial charge in [-0.1, -0.05) is 33.2 Å². The topological polar surface area (TPSA) is 51.0 Å². The minimum Gasteiger partial charge on any atom is -0.339 e. The van der Waals surface area contributed by atoms with E-state index in [-0.39, 0.29) is 12.4 Å². The van der Waals surface area contributed by atoms with E-state index in [1.807, 2.05) is 24.3 Å². The summed E-state index contributed by atoms with van der Waals surface area (Å²) in [6, 6.07) is 7.92. The first-order valence-electron chi connectivity index (χ1n) is 6.14. The van der Waals surface area contributed by atoms with Crippen LogP contribution in [0.25, 0.3) is 11.4 Å². The van der Waals surface area contributed by atoms with E-state index in [2.05, 4.69) is 31.4 Å².